The lowest BCUT2D eigenvalue weighted by Crippen LogP contribution is -2.32. The summed E-state index contributed by atoms with van der Waals surface area (Å²) in [6, 6.07) is 19.4. The number of hydrogen-bond donors (Lipinski definition) is 2. The highest BCUT2D eigenvalue weighted by molar-refractivity contribution is 7.19. The molecule has 1 fully saturated rings. The number of aryl methyl sites for hydroxylation is 1. The molecule has 158 valence electrons. The van der Waals surface area contributed by atoms with Crippen LogP contribution in [0, 0.1) is 6.92 Å². The lowest BCUT2D eigenvalue weighted by molar-refractivity contribution is 0.429. The van der Waals surface area contributed by atoms with E-state index in [0.29, 0.717) is 12.1 Å². The zero-order valence-corrected chi connectivity index (χ0v) is 19.0. The van der Waals surface area contributed by atoms with Gasteiger partial charge in [-0.15, -0.1) is 0 Å². The maximum absolute atomic E-state index is 6.12. The van der Waals surface area contributed by atoms with Gasteiger partial charge in [-0.2, -0.15) is 0 Å². The Kier molecular flexibility index (Phi) is 5.79. The lowest BCUT2D eigenvalue weighted by atomic mass is 9.91. The van der Waals surface area contributed by atoms with Gasteiger partial charge in [-0.3, -0.25) is 4.98 Å². The summed E-state index contributed by atoms with van der Waals surface area (Å²) in [5.41, 5.74) is 4.41. The molecule has 0 bridgehead atoms. The zero-order chi connectivity index (χ0) is 21.2. The van der Waals surface area contributed by atoms with E-state index in [2.05, 4.69) is 65.0 Å². The Morgan fingerprint density at radius 1 is 0.935 bits per heavy atom. The number of benzene rings is 2. The van der Waals surface area contributed by atoms with Gasteiger partial charge in [0.1, 0.15) is 0 Å². The maximum Gasteiger partial charge on any atom is 0.183 e. The number of nitrogens with zero attached hydrogens (tertiary/aromatic N) is 2. The summed E-state index contributed by atoms with van der Waals surface area (Å²) in [4.78, 5) is 10.5. The molecule has 0 unspecified atom stereocenters. The molecular formula is C25H25ClN4S. The molecule has 2 N–H and O–H groups in total. The first-order chi connectivity index (χ1) is 15.2. The van der Waals surface area contributed by atoms with Crippen LogP contribution in [-0.4, -0.2) is 22.1 Å². The van der Waals surface area contributed by atoms with Crippen molar-refractivity contribution in [2.45, 2.75) is 44.7 Å². The van der Waals surface area contributed by atoms with Crippen LogP contribution in [0.3, 0.4) is 0 Å². The normalized spacial score (nSPS) is 18.8. The molecule has 0 aliphatic heterocycles. The summed E-state index contributed by atoms with van der Waals surface area (Å²) in [6.45, 7) is 2.09. The largest absolute Gasteiger partial charge is 0.382 e. The van der Waals surface area contributed by atoms with E-state index in [1.807, 2.05) is 18.3 Å². The highest BCUT2D eigenvalue weighted by atomic mass is 35.5. The topological polar surface area (TPSA) is 49.8 Å². The molecule has 1 aliphatic carbocycles. The Hall–Kier alpha value is -2.63. The van der Waals surface area contributed by atoms with Crippen molar-refractivity contribution in [1.82, 2.24) is 9.97 Å². The van der Waals surface area contributed by atoms with E-state index in [1.165, 1.54) is 10.4 Å². The molecule has 4 nitrogen and oxygen atoms in total. The average Bonchev–Trinajstić information content (AvgIpc) is 3.15. The fourth-order valence-electron chi connectivity index (χ4n) is 4.34. The van der Waals surface area contributed by atoms with Crippen LogP contribution in [0.5, 0.6) is 0 Å². The Bertz CT molecular complexity index is 1180. The van der Waals surface area contributed by atoms with E-state index >= 15 is 0 Å². The molecule has 0 amide bonds. The van der Waals surface area contributed by atoms with Crippen LogP contribution in [0.25, 0.3) is 21.3 Å². The van der Waals surface area contributed by atoms with Gasteiger partial charge in [0.2, 0.25) is 0 Å². The van der Waals surface area contributed by atoms with Crippen LogP contribution in [0.15, 0.2) is 60.8 Å². The molecular weight excluding hydrogens is 424 g/mol. The average molecular weight is 449 g/mol. The first kappa shape index (κ1) is 20.3. The predicted molar refractivity (Wildman–Crippen MR) is 132 cm³/mol. The molecule has 31 heavy (non-hydrogen) atoms. The van der Waals surface area contributed by atoms with Crippen molar-refractivity contribution in [2.24, 2.45) is 0 Å². The zero-order valence-electron chi connectivity index (χ0n) is 17.4. The van der Waals surface area contributed by atoms with Crippen LogP contribution in [0.4, 0.5) is 10.8 Å². The van der Waals surface area contributed by atoms with Crippen LogP contribution in [0.1, 0.15) is 31.4 Å². The molecule has 4 aromatic rings. The molecule has 0 radical (unpaired) electrons. The molecule has 1 aliphatic rings. The second kappa shape index (κ2) is 8.85. The Morgan fingerprint density at radius 2 is 1.68 bits per heavy atom. The third-order valence-electron chi connectivity index (χ3n) is 5.95. The number of aromatic nitrogens is 2. The molecule has 6 heteroatoms. The van der Waals surface area contributed by atoms with Crippen LogP contribution >= 0.6 is 22.9 Å². The van der Waals surface area contributed by atoms with Gasteiger partial charge in [0.15, 0.2) is 5.13 Å². The second-order valence-corrected chi connectivity index (χ2v) is 9.59. The summed E-state index contributed by atoms with van der Waals surface area (Å²) >= 11 is 7.88. The third-order valence-corrected chi connectivity index (χ3v) is 7.32. The van der Waals surface area contributed by atoms with Gasteiger partial charge < -0.3 is 10.6 Å². The minimum Gasteiger partial charge on any atom is -0.382 e. The van der Waals surface area contributed by atoms with Gasteiger partial charge >= 0.3 is 0 Å². The van der Waals surface area contributed by atoms with Crippen molar-refractivity contribution in [3.05, 3.63) is 71.5 Å². The number of thiazole rings is 1. The number of fused-ring (bicyclic) bond motifs is 1. The van der Waals surface area contributed by atoms with E-state index < -0.39 is 0 Å². The lowest BCUT2D eigenvalue weighted by Gasteiger charge is -2.30. The quantitative estimate of drug-likeness (QED) is 0.340. The standard InChI is InChI=1S/C25H25ClN4S/c1-16-24(17-5-3-2-4-6-17)31-25(28-16)30-20-10-8-19(9-11-20)29-22-13-14-27-23-15-18(26)7-12-21(22)23/h2-7,12-15,19-20H,8-11H2,1H3,(H,27,29)(H,28,30). The smallest absolute Gasteiger partial charge is 0.183 e. The van der Waals surface area contributed by atoms with Gasteiger partial charge in [0.05, 0.1) is 16.1 Å². The number of halogens is 1. The van der Waals surface area contributed by atoms with Gasteiger partial charge in [-0.05, 0) is 62.4 Å². The van der Waals surface area contributed by atoms with Gasteiger partial charge in [0.25, 0.3) is 0 Å². The Balaban J connectivity index is 1.21. The third kappa shape index (κ3) is 4.53. The van der Waals surface area contributed by atoms with Crippen LogP contribution in [0.2, 0.25) is 5.02 Å². The van der Waals surface area contributed by atoms with Crippen molar-refractivity contribution >= 4 is 44.7 Å². The minimum absolute atomic E-state index is 0.470. The SMILES string of the molecule is Cc1nc(NC2CCC(Nc3ccnc4cc(Cl)ccc34)CC2)sc1-c1ccccc1. The molecule has 2 aromatic heterocycles. The molecule has 2 heterocycles. The second-order valence-electron chi connectivity index (χ2n) is 8.16. The van der Waals surface area contributed by atoms with Gasteiger partial charge in [-0.25, -0.2) is 4.98 Å². The monoisotopic (exact) mass is 448 g/mol. The van der Waals surface area contributed by atoms with Crippen molar-refractivity contribution in [2.75, 3.05) is 10.6 Å². The number of hydrogen-bond acceptors (Lipinski definition) is 5. The maximum atomic E-state index is 6.12. The first-order valence-electron chi connectivity index (χ1n) is 10.8. The van der Waals surface area contributed by atoms with E-state index in [1.54, 1.807) is 11.3 Å². The van der Waals surface area contributed by atoms with Crippen LogP contribution < -0.4 is 10.6 Å². The van der Waals surface area contributed by atoms with Crippen LogP contribution in [-0.2, 0) is 0 Å². The summed E-state index contributed by atoms with van der Waals surface area (Å²) in [6.07, 6.45) is 6.37. The minimum atomic E-state index is 0.470. The van der Waals surface area contributed by atoms with E-state index in [0.717, 1.165) is 58.1 Å². The molecule has 1 saturated carbocycles. The summed E-state index contributed by atoms with van der Waals surface area (Å²) in [7, 11) is 0. The molecule has 0 spiro atoms. The van der Waals surface area contributed by atoms with Crippen molar-refractivity contribution in [3.63, 3.8) is 0 Å². The molecule has 5 rings (SSSR count). The number of nitrogens with one attached hydrogen (secondary N) is 2. The van der Waals surface area contributed by atoms with Gasteiger partial charge in [0, 0.05) is 34.4 Å². The number of pyridine rings is 1. The van der Waals surface area contributed by atoms with Crippen molar-refractivity contribution < 1.29 is 0 Å². The summed E-state index contributed by atoms with van der Waals surface area (Å²) in [5.74, 6) is 0. The highest BCUT2D eigenvalue weighted by Gasteiger charge is 2.23. The first-order valence-corrected chi connectivity index (χ1v) is 12.0. The van der Waals surface area contributed by atoms with E-state index in [9.17, 15) is 0 Å². The van der Waals surface area contributed by atoms with Crippen molar-refractivity contribution in [3.8, 4) is 10.4 Å². The van der Waals surface area contributed by atoms with Gasteiger partial charge in [-0.1, -0.05) is 53.3 Å². The van der Waals surface area contributed by atoms with E-state index in [4.69, 9.17) is 16.6 Å². The van der Waals surface area contributed by atoms with Crippen molar-refractivity contribution in [1.29, 1.82) is 0 Å². The molecule has 0 saturated heterocycles. The predicted octanol–water partition coefficient (Wildman–Crippen LogP) is 7.16. The fourth-order valence-corrected chi connectivity index (χ4v) is 5.55. The Morgan fingerprint density at radius 3 is 2.45 bits per heavy atom. The number of rotatable bonds is 5. The summed E-state index contributed by atoms with van der Waals surface area (Å²) in [5, 5.41) is 10.3. The molecule has 2 aromatic carbocycles. The van der Waals surface area contributed by atoms with E-state index in [-0.39, 0.29) is 0 Å². The fraction of sp³-hybridized carbons (Fsp3) is 0.280. The molecule has 0 atom stereocenters. The Labute approximate surface area is 191 Å². The number of anilines is 2. The highest BCUT2D eigenvalue weighted by Crippen LogP contribution is 2.34. The summed E-state index contributed by atoms with van der Waals surface area (Å²) < 4.78 is 0.